The highest BCUT2D eigenvalue weighted by atomic mass is 35.5. The molecule has 0 spiro atoms. The highest BCUT2D eigenvalue weighted by Gasteiger charge is 2.10. The average molecular weight is 231 g/mol. The van der Waals surface area contributed by atoms with E-state index >= 15 is 0 Å². The number of methoxy groups -OCH3 is 1. The lowest BCUT2D eigenvalue weighted by Crippen LogP contribution is -2.02. The van der Waals surface area contributed by atoms with Crippen molar-refractivity contribution < 1.29 is 9.53 Å². The molecule has 0 bridgehead atoms. The van der Waals surface area contributed by atoms with Crippen LogP contribution in [0.25, 0.3) is 0 Å². The molecule has 0 radical (unpaired) electrons. The number of rotatable bonds is 3. The number of carbonyl (C=O) groups is 1. The van der Waals surface area contributed by atoms with Gasteiger partial charge in [-0.1, -0.05) is 17.7 Å². The maximum atomic E-state index is 11.2. The molecule has 14 heavy (non-hydrogen) atoms. The molecule has 0 heterocycles. The predicted molar refractivity (Wildman–Crippen MR) is 60.0 cm³/mol. The molecular weight excluding hydrogens is 220 g/mol. The van der Waals surface area contributed by atoms with Gasteiger partial charge in [-0.2, -0.15) is 11.8 Å². The van der Waals surface area contributed by atoms with E-state index in [1.807, 2.05) is 12.3 Å². The zero-order valence-electron chi connectivity index (χ0n) is 8.04. The Kier molecular flexibility index (Phi) is 4.29. The van der Waals surface area contributed by atoms with E-state index < -0.39 is 5.97 Å². The lowest BCUT2D eigenvalue weighted by atomic mass is 10.1. The van der Waals surface area contributed by atoms with Gasteiger partial charge in [0.05, 0.1) is 17.7 Å². The molecule has 0 N–H and O–H groups in total. The third kappa shape index (κ3) is 2.66. The van der Waals surface area contributed by atoms with Crippen molar-refractivity contribution >= 4 is 29.3 Å². The molecule has 4 heteroatoms. The lowest BCUT2D eigenvalue weighted by Gasteiger charge is -2.04. The van der Waals surface area contributed by atoms with Crippen LogP contribution in [0.2, 0.25) is 5.02 Å². The van der Waals surface area contributed by atoms with E-state index in [1.165, 1.54) is 7.11 Å². The van der Waals surface area contributed by atoms with E-state index in [1.54, 1.807) is 23.9 Å². The van der Waals surface area contributed by atoms with E-state index in [2.05, 4.69) is 4.74 Å². The molecule has 0 aromatic heterocycles. The molecule has 1 aromatic carbocycles. The summed E-state index contributed by atoms with van der Waals surface area (Å²) in [5.74, 6) is 0.493. The van der Waals surface area contributed by atoms with Gasteiger partial charge in [-0.25, -0.2) is 4.79 Å². The molecule has 0 aliphatic rings. The minimum Gasteiger partial charge on any atom is -0.465 e. The van der Waals surface area contributed by atoms with Crippen LogP contribution < -0.4 is 0 Å². The smallest absolute Gasteiger partial charge is 0.339 e. The number of carbonyl (C=O) groups excluding carboxylic acids is 1. The molecule has 0 unspecified atom stereocenters. The molecule has 0 amide bonds. The maximum absolute atomic E-state index is 11.2. The van der Waals surface area contributed by atoms with Gasteiger partial charge in [0.25, 0.3) is 0 Å². The summed E-state index contributed by atoms with van der Waals surface area (Å²) in [6.07, 6.45) is 2.02. The molecule has 1 rings (SSSR count). The fraction of sp³-hybridized carbons (Fsp3) is 0.300. The molecule has 0 saturated heterocycles. The highest BCUT2D eigenvalue weighted by Crippen LogP contribution is 2.20. The number of ether oxygens (including phenoxy) is 1. The fourth-order valence-electron chi connectivity index (χ4n) is 1.09. The largest absolute Gasteiger partial charge is 0.465 e. The van der Waals surface area contributed by atoms with Crippen molar-refractivity contribution in [2.45, 2.75) is 5.75 Å². The van der Waals surface area contributed by atoms with Gasteiger partial charge in [0.1, 0.15) is 0 Å². The van der Waals surface area contributed by atoms with Crippen LogP contribution in [0.15, 0.2) is 18.2 Å². The van der Waals surface area contributed by atoms with Crippen molar-refractivity contribution in [2.24, 2.45) is 0 Å². The molecule has 2 nitrogen and oxygen atoms in total. The summed E-state index contributed by atoms with van der Waals surface area (Å²) in [6.45, 7) is 0. The number of halogens is 1. The Morgan fingerprint density at radius 2 is 2.29 bits per heavy atom. The Morgan fingerprint density at radius 1 is 1.57 bits per heavy atom. The second kappa shape index (κ2) is 5.27. The van der Waals surface area contributed by atoms with Crippen molar-refractivity contribution in [3.05, 3.63) is 34.3 Å². The summed E-state index contributed by atoms with van der Waals surface area (Å²) in [5, 5.41) is 0.448. The maximum Gasteiger partial charge on any atom is 0.339 e. The van der Waals surface area contributed by atoms with Gasteiger partial charge < -0.3 is 4.74 Å². The Labute approximate surface area is 92.6 Å². The summed E-state index contributed by atoms with van der Waals surface area (Å²) in [5.41, 5.74) is 1.52. The standard InChI is InChI=1S/C10H11ClO2S/c1-13-10(12)8-4-3-7(6-14-2)5-9(8)11/h3-5H,6H2,1-2H3. The minimum absolute atomic E-state index is 0.397. The van der Waals surface area contributed by atoms with E-state index in [0.29, 0.717) is 10.6 Å². The van der Waals surface area contributed by atoms with Gasteiger partial charge in [-0.05, 0) is 24.0 Å². The van der Waals surface area contributed by atoms with Crippen LogP contribution in [0.3, 0.4) is 0 Å². The van der Waals surface area contributed by atoms with Gasteiger partial charge in [0.15, 0.2) is 0 Å². The summed E-state index contributed by atoms with van der Waals surface area (Å²) < 4.78 is 4.59. The molecule has 76 valence electrons. The number of esters is 1. The van der Waals surface area contributed by atoms with Crippen molar-refractivity contribution in [3.63, 3.8) is 0 Å². The van der Waals surface area contributed by atoms with Crippen LogP contribution in [0.5, 0.6) is 0 Å². The lowest BCUT2D eigenvalue weighted by molar-refractivity contribution is 0.0601. The predicted octanol–water partition coefficient (Wildman–Crippen LogP) is 2.99. The van der Waals surface area contributed by atoms with Crippen LogP contribution in [0.1, 0.15) is 15.9 Å². The van der Waals surface area contributed by atoms with Crippen molar-refractivity contribution in [2.75, 3.05) is 13.4 Å². The number of hydrogen-bond acceptors (Lipinski definition) is 3. The first-order valence-corrected chi connectivity index (χ1v) is 5.82. The second-order valence-corrected chi connectivity index (χ2v) is 4.01. The Balaban J connectivity index is 2.95. The van der Waals surface area contributed by atoms with Gasteiger partial charge in [0.2, 0.25) is 0 Å². The number of benzene rings is 1. The van der Waals surface area contributed by atoms with Crippen LogP contribution in [0, 0.1) is 0 Å². The van der Waals surface area contributed by atoms with Crippen molar-refractivity contribution in [3.8, 4) is 0 Å². The quantitative estimate of drug-likeness (QED) is 0.747. The number of thioether (sulfide) groups is 1. The van der Waals surface area contributed by atoms with Gasteiger partial charge in [-0.3, -0.25) is 0 Å². The first kappa shape index (κ1) is 11.4. The van der Waals surface area contributed by atoms with Crippen LogP contribution in [-0.2, 0) is 10.5 Å². The molecule has 0 atom stereocenters. The fourth-order valence-corrected chi connectivity index (χ4v) is 1.88. The first-order chi connectivity index (χ1) is 6.69. The summed E-state index contributed by atoms with van der Waals surface area (Å²) >= 11 is 7.64. The SMILES string of the molecule is COC(=O)c1ccc(CSC)cc1Cl. The average Bonchev–Trinajstić information content (AvgIpc) is 2.17. The first-order valence-electron chi connectivity index (χ1n) is 4.04. The zero-order chi connectivity index (χ0) is 10.6. The minimum atomic E-state index is -0.397. The topological polar surface area (TPSA) is 26.3 Å². The van der Waals surface area contributed by atoms with Gasteiger partial charge >= 0.3 is 5.97 Å². The summed E-state index contributed by atoms with van der Waals surface area (Å²) in [6, 6.07) is 5.37. The van der Waals surface area contributed by atoms with Crippen LogP contribution in [0.4, 0.5) is 0 Å². The third-order valence-electron chi connectivity index (χ3n) is 1.75. The Hall–Kier alpha value is -0.670. The van der Waals surface area contributed by atoms with Crippen molar-refractivity contribution in [1.29, 1.82) is 0 Å². The normalized spacial score (nSPS) is 9.93. The van der Waals surface area contributed by atoms with Crippen molar-refractivity contribution in [1.82, 2.24) is 0 Å². The van der Waals surface area contributed by atoms with E-state index in [4.69, 9.17) is 11.6 Å². The van der Waals surface area contributed by atoms with E-state index in [-0.39, 0.29) is 0 Å². The highest BCUT2D eigenvalue weighted by molar-refractivity contribution is 7.97. The van der Waals surface area contributed by atoms with Crippen LogP contribution >= 0.6 is 23.4 Å². The molecule has 0 aliphatic heterocycles. The van der Waals surface area contributed by atoms with Gasteiger partial charge in [0, 0.05) is 5.75 Å². The number of hydrogen-bond donors (Lipinski definition) is 0. The monoisotopic (exact) mass is 230 g/mol. The zero-order valence-corrected chi connectivity index (χ0v) is 9.61. The second-order valence-electron chi connectivity index (χ2n) is 2.74. The third-order valence-corrected chi connectivity index (χ3v) is 2.68. The molecule has 0 fully saturated rings. The molecular formula is C10H11ClO2S. The van der Waals surface area contributed by atoms with E-state index in [0.717, 1.165) is 11.3 Å². The molecule has 0 aliphatic carbocycles. The van der Waals surface area contributed by atoms with E-state index in [9.17, 15) is 4.79 Å². The van der Waals surface area contributed by atoms with Gasteiger partial charge in [-0.15, -0.1) is 0 Å². The Morgan fingerprint density at radius 3 is 2.79 bits per heavy atom. The van der Waals surface area contributed by atoms with Crippen LogP contribution in [-0.4, -0.2) is 19.3 Å². The summed E-state index contributed by atoms with van der Waals surface area (Å²) in [7, 11) is 1.34. The molecule has 1 aromatic rings. The summed E-state index contributed by atoms with van der Waals surface area (Å²) in [4.78, 5) is 11.2. The Bertz CT molecular complexity index is 339. The molecule has 0 saturated carbocycles.